The molecule has 0 bridgehead atoms. The van der Waals surface area contributed by atoms with Crippen molar-refractivity contribution in [2.75, 3.05) is 6.61 Å². The Labute approximate surface area is 331 Å². The summed E-state index contributed by atoms with van der Waals surface area (Å²) in [6.07, 6.45) is 60.2. The molecule has 3 N–H and O–H groups in total. The first kappa shape index (κ1) is 51.6. The van der Waals surface area contributed by atoms with Crippen molar-refractivity contribution in [3.63, 3.8) is 0 Å². The molecule has 0 heterocycles. The summed E-state index contributed by atoms with van der Waals surface area (Å²) in [5, 5.41) is 22.8. The van der Waals surface area contributed by atoms with Gasteiger partial charge in [0, 0.05) is 6.42 Å². The molecule has 0 saturated heterocycles. The van der Waals surface area contributed by atoms with E-state index < -0.39 is 12.1 Å². The van der Waals surface area contributed by atoms with Crippen molar-refractivity contribution >= 4 is 5.91 Å². The van der Waals surface area contributed by atoms with Gasteiger partial charge < -0.3 is 15.5 Å². The molecule has 4 heteroatoms. The van der Waals surface area contributed by atoms with Gasteiger partial charge >= 0.3 is 0 Å². The monoisotopic (exact) mass is 744 g/mol. The van der Waals surface area contributed by atoms with E-state index in [4.69, 9.17) is 0 Å². The van der Waals surface area contributed by atoms with Gasteiger partial charge in [0.05, 0.1) is 18.8 Å². The second-order valence-corrected chi connectivity index (χ2v) is 16.2. The molecular formula is C49H93NO3. The van der Waals surface area contributed by atoms with Crippen molar-refractivity contribution in [3.05, 3.63) is 36.5 Å². The minimum atomic E-state index is -0.857. The fourth-order valence-corrected chi connectivity index (χ4v) is 7.18. The largest absolute Gasteiger partial charge is 0.394 e. The van der Waals surface area contributed by atoms with E-state index in [0.717, 1.165) is 32.1 Å². The molecule has 0 aromatic heterocycles. The van der Waals surface area contributed by atoms with Crippen LogP contribution in [0.2, 0.25) is 0 Å². The van der Waals surface area contributed by atoms with Gasteiger partial charge in [-0.2, -0.15) is 0 Å². The second-order valence-electron chi connectivity index (χ2n) is 16.2. The zero-order valence-corrected chi connectivity index (χ0v) is 35.8. The van der Waals surface area contributed by atoms with Crippen molar-refractivity contribution in [1.29, 1.82) is 0 Å². The lowest BCUT2D eigenvalue weighted by molar-refractivity contribution is -0.123. The summed E-state index contributed by atoms with van der Waals surface area (Å²) in [5.74, 6) is -0.0746. The van der Waals surface area contributed by atoms with E-state index in [1.165, 1.54) is 199 Å². The molecule has 0 aliphatic heterocycles. The van der Waals surface area contributed by atoms with Crippen LogP contribution in [0.25, 0.3) is 0 Å². The molecular weight excluding hydrogens is 651 g/mol. The Morgan fingerprint density at radius 2 is 0.755 bits per heavy atom. The average molecular weight is 744 g/mol. The fraction of sp³-hybridized carbons (Fsp3) is 0.857. The van der Waals surface area contributed by atoms with E-state index in [2.05, 4.69) is 43.5 Å². The van der Waals surface area contributed by atoms with E-state index in [-0.39, 0.29) is 12.5 Å². The van der Waals surface area contributed by atoms with Gasteiger partial charge in [0.25, 0.3) is 0 Å². The molecule has 0 aliphatic rings. The van der Waals surface area contributed by atoms with Crippen LogP contribution in [0.4, 0.5) is 0 Å². The van der Waals surface area contributed by atoms with Crippen LogP contribution in [0.1, 0.15) is 251 Å². The van der Waals surface area contributed by atoms with Crippen LogP contribution < -0.4 is 5.32 Å². The molecule has 1 amide bonds. The number of rotatable bonds is 43. The highest BCUT2D eigenvalue weighted by molar-refractivity contribution is 5.76. The zero-order chi connectivity index (χ0) is 38.6. The van der Waals surface area contributed by atoms with Gasteiger partial charge in [-0.1, -0.05) is 230 Å². The molecule has 0 radical (unpaired) electrons. The third kappa shape index (κ3) is 41.6. The van der Waals surface area contributed by atoms with Crippen molar-refractivity contribution in [1.82, 2.24) is 5.32 Å². The van der Waals surface area contributed by atoms with Crippen LogP contribution in [-0.4, -0.2) is 34.9 Å². The van der Waals surface area contributed by atoms with E-state index in [1.54, 1.807) is 6.08 Å². The first-order valence-electron chi connectivity index (χ1n) is 23.7. The van der Waals surface area contributed by atoms with Gasteiger partial charge in [-0.3, -0.25) is 4.79 Å². The smallest absolute Gasteiger partial charge is 0.220 e. The molecule has 0 saturated carbocycles. The number of aliphatic hydroxyl groups excluding tert-OH is 2. The van der Waals surface area contributed by atoms with Gasteiger partial charge in [-0.25, -0.2) is 0 Å². The topological polar surface area (TPSA) is 69.6 Å². The number of hydrogen-bond acceptors (Lipinski definition) is 3. The maximum atomic E-state index is 12.3. The Balaban J connectivity index is 3.37. The third-order valence-electron chi connectivity index (χ3n) is 10.8. The summed E-state index contributed by atoms with van der Waals surface area (Å²) < 4.78 is 0. The quantitative estimate of drug-likeness (QED) is 0.0430. The number of aliphatic hydroxyl groups is 2. The Bertz CT molecular complexity index is 806. The van der Waals surface area contributed by atoms with Crippen LogP contribution in [0.3, 0.4) is 0 Å². The SMILES string of the molecule is CCCC/C=C/CC/C=C/C(O)C(CO)NC(=O)CCCCCCCCCCCCCCCCCCCCCCC/C=C\CCCCCCCCCC. The van der Waals surface area contributed by atoms with Gasteiger partial charge in [0.15, 0.2) is 0 Å². The summed E-state index contributed by atoms with van der Waals surface area (Å²) >= 11 is 0. The normalized spacial score (nSPS) is 13.2. The molecule has 2 atom stereocenters. The summed E-state index contributed by atoms with van der Waals surface area (Å²) in [7, 11) is 0. The number of hydrogen-bond donors (Lipinski definition) is 3. The molecule has 4 nitrogen and oxygen atoms in total. The highest BCUT2D eigenvalue weighted by atomic mass is 16.3. The van der Waals surface area contributed by atoms with Crippen molar-refractivity contribution in [2.24, 2.45) is 0 Å². The maximum absolute atomic E-state index is 12.3. The number of carbonyl (C=O) groups excluding carboxylic acids is 1. The number of unbranched alkanes of at least 4 members (excludes halogenated alkanes) is 32. The van der Waals surface area contributed by atoms with Crippen LogP contribution in [0.15, 0.2) is 36.5 Å². The number of carbonyl (C=O) groups is 1. The average Bonchev–Trinajstić information content (AvgIpc) is 3.16. The number of amides is 1. The van der Waals surface area contributed by atoms with Crippen LogP contribution >= 0.6 is 0 Å². The summed E-state index contributed by atoms with van der Waals surface area (Å²) in [6, 6.07) is -0.634. The summed E-state index contributed by atoms with van der Waals surface area (Å²) in [6.45, 7) is 4.23. The molecule has 0 spiro atoms. The van der Waals surface area contributed by atoms with Crippen molar-refractivity contribution < 1.29 is 15.0 Å². The van der Waals surface area contributed by atoms with E-state index in [0.29, 0.717) is 6.42 Å². The molecule has 2 unspecified atom stereocenters. The highest BCUT2D eigenvalue weighted by Gasteiger charge is 2.17. The van der Waals surface area contributed by atoms with Crippen LogP contribution in [0, 0.1) is 0 Å². The van der Waals surface area contributed by atoms with Crippen LogP contribution in [-0.2, 0) is 4.79 Å². The summed E-state index contributed by atoms with van der Waals surface area (Å²) in [5.41, 5.74) is 0. The third-order valence-corrected chi connectivity index (χ3v) is 10.8. The predicted molar refractivity (Wildman–Crippen MR) is 235 cm³/mol. The van der Waals surface area contributed by atoms with E-state index in [9.17, 15) is 15.0 Å². The lowest BCUT2D eigenvalue weighted by Crippen LogP contribution is -2.45. The van der Waals surface area contributed by atoms with Crippen LogP contribution in [0.5, 0.6) is 0 Å². The van der Waals surface area contributed by atoms with E-state index >= 15 is 0 Å². The molecule has 0 fully saturated rings. The van der Waals surface area contributed by atoms with Gasteiger partial charge in [-0.15, -0.1) is 0 Å². The highest BCUT2D eigenvalue weighted by Crippen LogP contribution is 2.16. The minimum Gasteiger partial charge on any atom is -0.394 e. The molecule has 312 valence electrons. The Hall–Kier alpha value is -1.39. The standard InChI is InChI=1S/C49H93NO3/c1-3-5-7-9-11-13-14-15-16-17-18-19-20-21-22-23-24-25-26-27-28-29-30-31-32-33-34-35-36-37-39-41-43-45-49(53)50-47(46-51)48(52)44-42-40-38-12-10-8-6-4-2/h10,12,17-18,42,44,47-48,51-52H,3-9,11,13-16,19-41,43,45-46H2,1-2H3,(H,50,53)/b12-10+,18-17-,44-42+. The predicted octanol–water partition coefficient (Wildman–Crippen LogP) is 15.0. The van der Waals surface area contributed by atoms with Gasteiger partial charge in [0.2, 0.25) is 5.91 Å². The number of allylic oxidation sites excluding steroid dienone is 5. The Morgan fingerprint density at radius 1 is 0.434 bits per heavy atom. The number of nitrogens with one attached hydrogen (secondary N) is 1. The first-order chi connectivity index (χ1) is 26.2. The lowest BCUT2D eigenvalue weighted by atomic mass is 10.0. The molecule has 0 aliphatic carbocycles. The molecule has 0 aromatic carbocycles. The molecule has 0 rings (SSSR count). The van der Waals surface area contributed by atoms with E-state index in [1.807, 2.05) is 6.08 Å². The Kier molecular flexibility index (Phi) is 43.8. The van der Waals surface area contributed by atoms with Crippen molar-refractivity contribution in [3.8, 4) is 0 Å². The first-order valence-corrected chi connectivity index (χ1v) is 23.7. The maximum Gasteiger partial charge on any atom is 0.220 e. The minimum absolute atomic E-state index is 0.0746. The molecule has 0 aromatic rings. The summed E-state index contributed by atoms with van der Waals surface area (Å²) in [4.78, 5) is 12.3. The molecule has 53 heavy (non-hydrogen) atoms. The van der Waals surface area contributed by atoms with Gasteiger partial charge in [-0.05, 0) is 51.4 Å². The van der Waals surface area contributed by atoms with Crippen molar-refractivity contribution in [2.45, 2.75) is 264 Å². The lowest BCUT2D eigenvalue weighted by Gasteiger charge is -2.19. The second kappa shape index (κ2) is 45.0. The van der Waals surface area contributed by atoms with Gasteiger partial charge in [0.1, 0.15) is 0 Å². The Morgan fingerprint density at radius 3 is 1.15 bits per heavy atom. The zero-order valence-electron chi connectivity index (χ0n) is 35.8. The fourth-order valence-electron chi connectivity index (χ4n) is 7.18.